The standard InChI is InChI=1S/C33H42N6O3/c1-24(23-41-2)36-12-9-33(42-3,10-13-36)29-6-4-26(5-7-29)28-20-31-30(8-11-35-39(31)22-28)37-14-16-38(17-15-37)32(40)27-18-25(19-27)21-34/h4-8,11,20,22,24-25,27H,9-10,12-19,23H2,1-3H3/t24-,25-,27-/m1/s1. The lowest BCUT2D eigenvalue weighted by molar-refractivity contribution is -0.139. The highest BCUT2D eigenvalue weighted by Crippen LogP contribution is 2.38. The fraction of sp³-hybridized carbons (Fsp3) is 0.545. The van der Waals surface area contributed by atoms with Gasteiger partial charge in [0.05, 0.1) is 29.5 Å². The molecule has 9 heteroatoms. The molecule has 2 saturated heterocycles. The minimum Gasteiger partial charge on any atom is -0.383 e. The summed E-state index contributed by atoms with van der Waals surface area (Å²) in [6, 6.07) is 15.8. The molecule has 2 aromatic heterocycles. The number of amides is 1. The van der Waals surface area contributed by atoms with Gasteiger partial charge >= 0.3 is 0 Å². The predicted octanol–water partition coefficient (Wildman–Crippen LogP) is 4.17. The number of benzene rings is 1. The van der Waals surface area contributed by atoms with Gasteiger partial charge in [0.25, 0.3) is 0 Å². The van der Waals surface area contributed by atoms with E-state index < -0.39 is 0 Å². The molecule has 6 rings (SSSR count). The molecule has 9 nitrogen and oxygen atoms in total. The number of methoxy groups -OCH3 is 2. The van der Waals surface area contributed by atoms with Crippen LogP contribution in [-0.4, -0.2) is 91.5 Å². The highest BCUT2D eigenvalue weighted by atomic mass is 16.5. The van der Waals surface area contributed by atoms with Gasteiger partial charge in [-0.3, -0.25) is 9.69 Å². The topological polar surface area (TPSA) is 86.3 Å². The minimum absolute atomic E-state index is 0.0320. The zero-order chi connectivity index (χ0) is 29.3. The van der Waals surface area contributed by atoms with Crippen LogP contribution in [0.3, 0.4) is 0 Å². The Kier molecular flexibility index (Phi) is 8.22. The molecule has 1 atom stereocenters. The Hall–Kier alpha value is -3.45. The first-order valence-electron chi connectivity index (χ1n) is 15.2. The first kappa shape index (κ1) is 28.7. The lowest BCUT2D eigenvalue weighted by Gasteiger charge is -2.43. The zero-order valence-electron chi connectivity index (χ0n) is 25.0. The van der Waals surface area contributed by atoms with Crippen molar-refractivity contribution in [3.05, 3.63) is 54.4 Å². The number of anilines is 1. The quantitative estimate of drug-likeness (QED) is 0.402. The number of rotatable bonds is 8. The lowest BCUT2D eigenvalue weighted by atomic mass is 9.75. The number of carbonyl (C=O) groups excluding carboxylic acids is 1. The number of ether oxygens (including phenoxy) is 2. The SMILES string of the molecule is COC[C@@H](C)N1CCC(OC)(c2ccc(-c3cc4c(N5CCN(C(=O)[C@H]6C[C@H](C#N)C6)CC5)ccnn4c3)cc2)CC1. The molecule has 1 aromatic carbocycles. The average Bonchev–Trinajstić information content (AvgIpc) is 3.46. The molecule has 0 radical (unpaired) electrons. The number of nitriles is 1. The lowest BCUT2D eigenvalue weighted by Crippen LogP contribution is -2.52. The normalized spacial score (nSPS) is 23.4. The van der Waals surface area contributed by atoms with E-state index in [-0.39, 0.29) is 23.3 Å². The molecule has 222 valence electrons. The Morgan fingerprint density at radius 3 is 2.40 bits per heavy atom. The summed E-state index contributed by atoms with van der Waals surface area (Å²) in [5, 5.41) is 13.6. The summed E-state index contributed by atoms with van der Waals surface area (Å²) < 4.78 is 13.5. The summed E-state index contributed by atoms with van der Waals surface area (Å²) in [4.78, 5) is 19.7. The van der Waals surface area contributed by atoms with E-state index in [1.807, 2.05) is 22.7 Å². The predicted molar refractivity (Wildman–Crippen MR) is 162 cm³/mol. The highest BCUT2D eigenvalue weighted by molar-refractivity contribution is 5.82. The maximum Gasteiger partial charge on any atom is 0.225 e. The van der Waals surface area contributed by atoms with Crippen molar-refractivity contribution in [2.24, 2.45) is 11.8 Å². The van der Waals surface area contributed by atoms with Crippen molar-refractivity contribution in [3.63, 3.8) is 0 Å². The van der Waals surface area contributed by atoms with E-state index in [9.17, 15) is 4.79 Å². The third-order valence-electron chi connectivity index (χ3n) is 9.86. The van der Waals surface area contributed by atoms with Gasteiger partial charge in [0.1, 0.15) is 0 Å². The summed E-state index contributed by atoms with van der Waals surface area (Å²) >= 11 is 0. The zero-order valence-corrected chi connectivity index (χ0v) is 25.0. The molecule has 0 spiro atoms. The number of nitrogens with zero attached hydrogens (tertiary/aromatic N) is 6. The molecule has 0 bridgehead atoms. The van der Waals surface area contributed by atoms with Crippen LogP contribution in [0.2, 0.25) is 0 Å². The van der Waals surface area contributed by atoms with Crippen LogP contribution in [0.5, 0.6) is 0 Å². The van der Waals surface area contributed by atoms with E-state index in [0.717, 1.165) is 68.0 Å². The van der Waals surface area contributed by atoms with Gasteiger partial charge in [-0.05, 0) is 55.9 Å². The number of aromatic nitrogens is 2. The maximum atomic E-state index is 12.9. The Balaban J connectivity index is 1.13. The average molecular weight is 571 g/mol. The smallest absolute Gasteiger partial charge is 0.225 e. The molecule has 2 aliphatic heterocycles. The molecular formula is C33H42N6O3. The highest BCUT2D eigenvalue weighted by Gasteiger charge is 2.38. The second-order valence-corrected chi connectivity index (χ2v) is 12.2. The number of fused-ring (bicyclic) bond motifs is 1. The largest absolute Gasteiger partial charge is 0.383 e. The van der Waals surface area contributed by atoms with Crippen LogP contribution in [-0.2, 0) is 19.9 Å². The first-order valence-corrected chi connectivity index (χ1v) is 15.2. The van der Waals surface area contributed by atoms with E-state index in [1.54, 1.807) is 7.11 Å². The van der Waals surface area contributed by atoms with Gasteiger partial charge in [-0.25, -0.2) is 4.52 Å². The molecule has 0 N–H and O–H groups in total. The number of piperidine rings is 1. The molecular weight excluding hydrogens is 528 g/mol. The van der Waals surface area contributed by atoms with Gasteiger partial charge in [0.15, 0.2) is 0 Å². The second-order valence-electron chi connectivity index (χ2n) is 12.2. The Morgan fingerprint density at radius 2 is 1.76 bits per heavy atom. The van der Waals surface area contributed by atoms with Gasteiger partial charge < -0.3 is 19.3 Å². The van der Waals surface area contributed by atoms with Gasteiger partial charge in [-0.15, -0.1) is 0 Å². The first-order chi connectivity index (χ1) is 20.4. The number of likely N-dealkylation sites (tertiary alicyclic amines) is 1. The molecule has 1 saturated carbocycles. The second kappa shape index (κ2) is 12.0. The van der Waals surface area contributed by atoms with Crippen LogP contribution in [0.1, 0.15) is 38.2 Å². The Morgan fingerprint density at radius 1 is 1.05 bits per heavy atom. The van der Waals surface area contributed by atoms with E-state index in [1.165, 1.54) is 5.56 Å². The summed E-state index contributed by atoms with van der Waals surface area (Å²) in [6.07, 6.45) is 7.30. The van der Waals surface area contributed by atoms with Gasteiger partial charge in [0, 0.05) is 89.3 Å². The molecule has 3 aliphatic rings. The Bertz CT molecular complexity index is 1420. The fourth-order valence-corrected chi connectivity index (χ4v) is 7.03. The third-order valence-corrected chi connectivity index (χ3v) is 9.86. The number of piperazine rings is 1. The molecule has 4 heterocycles. The van der Waals surface area contributed by atoms with Crippen LogP contribution >= 0.6 is 0 Å². The molecule has 1 aliphatic carbocycles. The van der Waals surface area contributed by atoms with Gasteiger partial charge in [0.2, 0.25) is 5.91 Å². The van der Waals surface area contributed by atoms with Crippen LogP contribution in [0, 0.1) is 23.2 Å². The summed E-state index contributed by atoms with van der Waals surface area (Å²) in [5.74, 6) is 0.306. The molecule has 3 fully saturated rings. The van der Waals surface area contributed by atoms with Gasteiger partial charge in [-0.1, -0.05) is 24.3 Å². The van der Waals surface area contributed by atoms with Crippen molar-refractivity contribution in [1.82, 2.24) is 19.4 Å². The minimum atomic E-state index is -0.262. The van der Waals surface area contributed by atoms with Crippen molar-refractivity contribution in [1.29, 1.82) is 5.26 Å². The molecule has 3 aromatic rings. The van der Waals surface area contributed by atoms with Gasteiger partial charge in [-0.2, -0.15) is 10.4 Å². The van der Waals surface area contributed by atoms with Crippen LogP contribution < -0.4 is 4.90 Å². The number of hydrogen-bond donors (Lipinski definition) is 0. The summed E-state index contributed by atoms with van der Waals surface area (Å²) in [6.45, 7) is 7.95. The van der Waals surface area contributed by atoms with E-state index in [0.29, 0.717) is 32.0 Å². The van der Waals surface area contributed by atoms with Crippen molar-refractivity contribution in [2.75, 3.05) is 65.0 Å². The van der Waals surface area contributed by atoms with Crippen LogP contribution in [0.4, 0.5) is 5.69 Å². The van der Waals surface area contributed by atoms with Crippen LogP contribution in [0.15, 0.2) is 48.8 Å². The molecule has 0 unspecified atom stereocenters. The van der Waals surface area contributed by atoms with Crippen molar-refractivity contribution >= 4 is 17.1 Å². The van der Waals surface area contributed by atoms with E-state index in [4.69, 9.17) is 14.7 Å². The monoisotopic (exact) mass is 570 g/mol. The van der Waals surface area contributed by atoms with E-state index in [2.05, 4.69) is 70.5 Å². The van der Waals surface area contributed by atoms with Crippen molar-refractivity contribution in [3.8, 4) is 17.2 Å². The fourth-order valence-electron chi connectivity index (χ4n) is 7.03. The third kappa shape index (κ3) is 5.39. The molecule has 1 amide bonds. The number of carbonyl (C=O) groups is 1. The number of hydrogen-bond acceptors (Lipinski definition) is 7. The Labute approximate surface area is 248 Å². The molecule has 42 heavy (non-hydrogen) atoms. The summed E-state index contributed by atoms with van der Waals surface area (Å²) in [5.41, 5.74) is 5.45. The maximum absolute atomic E-state index is 12.9. The van der Waals surface area contributed by atoms with Crippen molar-refractivity contribution < 1.29 is 14.3 Å². The van der Waals surface area contributed by atoms with Crippen LogP contribution in [0.25, 0.3) is 16.6 Å². The van der Waals surface area contributed by atoms with E-state index >= 15 is 0 Å². The summed E-state index contributed by atoms with van der Waals surface area (Å²) in [7, 11) is 3.60. The van der Waals surface area contributed by atoms with Crippen molar-refractivity contribution in [2.45, 2.75) is 44.2 Å².